The summed E-state index contributed by atoms with van der Waals surface area (Å²) in [5, 5.41) is 2.80. The van der Waals surface area contributed by atoms with Gasteiger partial charge in [-0.25, -0.2) is 10.2 Å². The molecule has 0 spiro atoms. The van der Waals surface area contributed by atoms with Crippen LogP contribution in [0, 0.1) is 0 Å². The second kappa shape index (κ2) is 7.47. The smallest absolute Gasteiger partial charge is 0.324 e. The standard InChI is InChI=1S/C23H36N4OSi/c1-7-26(8-2)23(28)24-27-19-13-9-11-17-16-12-10-14-25(3)20(16)15-18(21(17)19)22(27)29(4,5)6/h9,11,13,16,20H,7-8,10,12,14-15H2,1-6H3,(H,24,28)/t16-,20-/m1/s1. The van der Waals surface area contributed by atoms with Crippen LogP contribution < -0.4 is 10.7 Å². The van der Waals surface area contributed by atoms with Gasteiger partial charge in [-0.2, -0.15) is 0 Å². The Balaban J connectivity index is 1.92. The Hall–Kier alpha value is -1.79. The molecule has 0 unspecified atom stereocenters. The van der Waals surface area contributed by atoms with Crippen LogP contribution in [0.5, 0.6) is 0 Å². The fourth-order valence-corrected chi connectivity index (χ4v) is 7.61. The molecule has 5 nitrogen and oxygen atoms in total. The van der Waals surface area contributed by atoms with Crippen molar-refractivity contribution in [3.05, 3.63) is 29.3 Å². The van der Waals surface area contributed by atoms with E-state index in [2.05, 4.69) is 59.9 Å². The third-order valence-corrected chi connectivity index (χ3v) is 8.91. The van der Waals surface area contributed by atoms with Gasteiger partial charge in [-0.05, 0) is 63.9 Å². The van der Waals surface area contributed by atoms with E-state index in [0.29, 0.717) is 12.0 Å². The largest absolute Gasteiger partial charge is 0.336 e. The summed E-state index contributed by atoms with van der Waals surface area (Å²) in [5.74, 6) is 0.605. The number of nitrogens with one attached hydrogen (secondary N) is 1. The van der Waals surface area contributed by atoms with E-state index < -0.39 is 8.07 Å². The molecule has 0 radical (unpaired) electrons. The van der Waals surface area contributed by atoms with Gasteiger partial charge >= 0.3 is 6.03 Å². The average Bonchev–Trinajstić information content (AvgIpc) is 2.99. The van der Waals surface area contributed by atoms with Crippen LogP contribution in [0.3, 0.4) is 0 Å². The van der Waals surface area contributed by atoms with Crippen molar-refractivity contribution in [1.29, 1.82) is 0 Å². The maximum atomic E-state index is 13.0. The first-order chi connectivity index (χ1) is 13.8. The summed E-state index contributed by atoms with van der Waals surface area (Å²) in [6.07, 6.45) is 3.64. The first-order valence-electron chi connectivity index (χ1n) is 11.2. The molecule has 0 saturated carbocycles. The highest BCUT2D eigenvalue weighted by molar-refractivity contribution is 6.88. The van der Waals surface area contributed by atoms with Crippen LogP contribution in [0.4, 0.5) is 4.79 Å². The number of carbonyl (C=O) groups is 1. The van der Waals surface area contributed by atoms with Crippen molar-refractivity contribution in [1.82, 2.24) is 14.5 Å². The summed E-state index contributed by atoms with van der Waals surface area (Å²) >= 11 is 0. The van der Waals surface area contributed by atoms with Gasteiger partial charge in [0, 0.05) is 35.8 Å². The van der Waals surface area contributed by atoms with E-state index in [1.165, 1.54) is 46.7 Å². The molecule has 1 fully saturated rings. The van der Waals surface area contributed by atoms with Crippen molar-refractivity contribution in [3.8, 4) is 0 Å². The summed E-state index contributed by atoms with van der Waals surface area (Å²) in [4.78, 5) is 17.4. The van der Waals surface area contributed by atoms with E-state index in [1.807, 2.05) is 18.7 Å². The van der Waals surface area contributed by atoms with Gasteiger partial charge in [0.05, 0.1) is 5.52 Å². The normalized spacial score (nSPS) is 21.9. The second-order valence-corrected chi connectivity index (χ2v) is 14.7. The minimum absolute atomic E-state index is 0.00265. The number of nitrogens with zero attached hydrogens (tertiary/aromatic N) is 3. The first kappa shape index (κ1) is 20.5. The van der Waals surface area contributed by atoms with E-state index in [1.54, 1.807) is 0 Å². The number of benzene rings is 1. The SMILES string of the molecule is CCN(CC)C(=O)Nn1c([Si](C)(C)C)c2c3c(cccc31)[C@H]1CCCN(C)[C@@H]1C2. The third kappa shape index (κ3) is 3.30. The molecule has 1 aliphatic carbocycles. The molecule has 158 valence electrons. The van der Waals surface area contributed by atoms with Crippen molar-refractivity contribution in [2.45, 2.75) is 64.7 Å². The number of fused-ring (bicyclic) bond motifs is 2. The molecule has 2 aromatic rings. The molecule has 29 heavy (non-hydrogen) atoms. The van der Waals surface area contributed by atoms with Gasteiger partial charge in [-0.3, -0.25) is 4.68 Å². The number of amides is 2. The zero-order valence-corrected chi connectivity index (χ0v) is 19.9. The monoisotopic (exact) mass is 412 g/mol. The lowest BCUT2D eigenvalue weighted by molar-refractivity contribution is 0.157. The number of carbonyl (C=O) groups excluding carboxylic acids is 1. The number of likely N-dealkylation sites (tertiary alicyclic amines) is 1. The molecular weight excluding hydrogens is 376 g/mol. The Morgan fingerprint density at radius 2 is 1.97 bits per heavy atom. The lowest BCUT2D eigenvalue weighted by Gasteiger charge is -2.42. The van der Waals surface area contributed by atoms with Gasteiger partial charge < -0.3 is 9.80 Å². The Labute approximate surface area is 176 Å². The molecule has 0 bridgehead atoms. The lowest BCUT2D eigenvalue weighted by Crippen LogP contribution is -2.52. The molecule has 1 aliphatic heterocycles. The van der Waals surface area contributed by atoms with E-state index in [9.17, 15) is 4.79 Å². The molecule has 1 N–H and O–H groups in total. The molecule has 2 atom stereocenters. The fraction of sp³-hybridized carbons (Fsp3) is 0.609. The topological polar surface area (TPSA) is 40.5 Å². The number of urea groups is 1. The maximum absolute atomic E-state index is 13.0. The molecule has 4 rings (SSSR count). The van der Waals surface area contributed by atoms with E-state index in [0.717, 1.165) is 19.5 Å². The minimum atomic E-state index is -1.70. The van der Waals surface area contributed by atoms with Crippen molar-refractivity contribution in [3.63, 3.8) is 0 Å². The Morgan fingerprint density at radius 1 is 1.24 bits per heavy atom. The Bertz CT molecular complexity index is 925. The van der Waals surface area contributed by atoms with Crippen molar-refractivity contribution < 1.29 is 4.79 Å². The van der Waals surface area contributed by atoms with Crippen LogP contribution in [0.2, 0.25) is 19.6 Å². The predicted octanol–water partition coefficient (Wildman–Crippen LogP) is 3.93. The van der Waals surface area contributed by atoms with Crippen LogP contribution >= 0.6 is 0 Å². The summed E-state index contributed by atoms with van der Waals surface area (Å²) in [6.45, 7) is 13.9. The molecule has 2 heterocycles. The molecule has 1 aromatic heterocycles. The quantitative estimate of drug-likeness (QED) is 0.773. The molecule has 2 aliphatic rings. The first-order valence-corrected chi connectivity index (χ1v) is 14.7. The third-order valence-electron chi connectivity index (χ3n) is 6.96. The fourth-order valence-electron chi connectivity index (χ4n) is 5.63. The number of hydrogen-bond acceptors (Lipinski definition) is 2. The van der Waals surface area contributed by atoms with Crippen molar-refractivity contribution in [2.24, 2.45) is 0 Å². The minimum Gasteiger partial charge on any atom is -0.324 e. The predicted molar refractivity (Wildman–Crippen MR) is 125 cm³/mol. The zero-order chi connectivity index (χ0) is 20.9. The lowest BCUT2D eigenvalue weighted by atomic mass is 9.75. The summed E-state index contributed by atoms with van der Waals surface area (Å²) < 4.78 is 2.17. The molecule has 2 amide bonds. The van der Waals surface area contributed by atoms with Crippen LogP contribution in [0.15, 0.2) is 18.2 Å². The number of likely N-dealkylation sites (N-methyl/N-ethyl adjacent to an activating group) is 1. The van der Waals surface area contributed by atoms with Crippen LogP contribution in [-0.2, 0) is 6.42 Å². The number of hydrogen-bond donors (Lipinski definition) is 1. The van der Waals surface area contributed by atoms with Crippen LogP contribution in [0.1, 0.15) is 43.7 Å². The highest BCUT2D eigenvalue weighted by Crippen LogP contribution is 2.43. The van der Waals surface area contributed by atoms with Gasteiger partial charge in [0.2, 0.25) is 0 Å². The highest BCUT2D eigenvalue weighted by atomic mass is 28.3. The molecule has 1 aromatic carbocycles. The molecule has 1 saturated heterocycles. The molecular formula is C23H36N4OSi. The van der Waals surface area contributed by atoms with Gasteiger partial charge in [-0.1, -0.05) is 31.8 Å². The second-order valence-electron chi connectivity index (χ2n) is 9.74. The van der Waals surface area contributed by atoms with E-state index in [4.69, 9.17) is 0 Å². The summed E-state index contributed by atoms with van der Waals surface area (Å²) in [7, 11) is 0.582. The average molecular weight is 413 g/mol. The van der Waals surface area contributed by atoms with Gasteiger partial charge in [0.15, 0.2) is 0 Å². The van der Waals surface area contributed by atoms with Crippen molar-refractivity contribution in [2.75, 3.05) is 32.1 Å². The van der Waals surface area contributed by atoms with E-state index >= 15 is 0 Å². The van der Waals surface area contributed by atoms with Gasteiger partial charge in [-0.15, -0.1) is 0 Å². The highest BCUT2D eigenvalue weighted by Gasteiger charge is 2.40. The number of rotatable bonds is 4. The molecule has 6 heteroatoms. The van der Waals surface area contributed by atoms with Gasteiger partial charge in [0.1, 0.15) is 8.07 Å². The number of piperidine rings is 1. The van der Waals surface area contributed by atoms with Crippen molar-refractivity contribution >= 4 is 30.3 Å². The zero-order valence-electron chi connectivity index (χ0n) is 18.9. The Kier molecular flexibility index (Phi) is 5.28. The summed E-state index contributed by atoms with van der Waals surface area (Å²) in [6, 6.07) is 7.30. The maximum Gasteiger partial charge on any atom is 0.336 e. The Morgan fingerprint density at radius 3 is 2.62 bits per heavy atom. The van der Waals surface area contributed by atoms with Crippen LogP contribution in [0.25, 0.3) is 10.9 Å². The van der Waals surface area contributed by atoms with Crippen LogP contribution in [-0.4, -0.2) is 61.3 Å². The number of aromatic nitrogens is 1. The van der Waals surface area contributed by atoms with Gasteiger partial charge in [0.25, 0.3) is 0 Å². The summed E-state index contributed by atoms with van der Waals surface area (Å²) in [5.41, 5.74) is 7.46. The van der Waals surface area contributed by atoms with E-state index in [-0.39, 0.29) is 6.03 Å².